The molecule has 0 bridgehead atoms. The molecule has 0 aromatic rings. The smallest absolute Gasteiger partial charge is 0.147 e. The third kappa shape index (κ3) is 7.01. The van der Waals surface area contributed by atoms with E-state index in [4.69, 9.17) is 0 Å². The topological polar surface area (TPSA) is 49.4 Å². The first-order chi connectivity index (χ1) is 8.01. The molecule has 1 aliphatic rings. The second-order valence-corrected chi connectivity index (χ2v) is 7.42. The van der Waals surface area contributed by atoms with Crippen LogP contribution in [-0.4, -0.2) is 58.6 Å². The van der Waals surface area contributed by atoms with Gasteiger partial charge in [-0.05, 0) is 64.8 Å². The molecule has 0 amide bonds. The van der Waals surface area contributed by atoms with E-state index in [1.165, 1.54) is 25.5 Å². The van der Waals surface area contributed by atoms with Gasteiger partial charge in [0, 0.05) is 6.26 Å². The van der Waals surface area contributed by atoms with Crippen LogP contribution in [0.5, 0.6) is 0 Å². The van der Waals surface area contributed by atoms with E-state index in [9.17, 15) is 8.42 Å². The predicted octanol–water partition coefficient (Wildman–Crippen LogP) is 0.743. The number of sulfone groups is 1. The van der Waals surface area contributed by atoms with E-state index < -0.39 is 9.84 Å². The average molecular weight is 262 g/mol. The molecule has 0 radical (unpaired) electrons. The van der Waals surface area contributed by atoms with E-state index in [-0.39, 0.29) is 0 Å². The second kappa shape index (κ2) is 7.34. The van der Waals surface area contributed by atoms with Crippen molar-refractivity contribution < 1.29 is 8.42 Å². The minimum absolute atomic E-state index is 0.326. The minimum atomic E-state index is -2.78. The first-order valence-corrected chi connectivity index (χ1v) is 8.62. The molecule has 1 aliphatic heterocycles. The molecule has 0 aliphatic carbocycles. The molecular weight excluding hydrogens is 236 g/mol. The molecule has 0 aromatic heterocycles. The normalized spacial score (nSPS) is 19.6. The fourth-order valence-electron chi connectivity index (χ4n) is 2.40. The zero-order valence-electron chi connectivity index (χ0n) is 11.1. The van der Waals surface area contributed by atoms with Gasteiger partial charge in [-0.3, -0.25) is 0 Å². The Hall–Kier alpha value is -0.130. The molecule has 1 rings (SSSR count). The van der Waals surface area contributed by atoms with Gasteiger partial charge in [0.1, 0.15) is 9.84 Å². The molecule has 102 valence electrons. The average Bonchev–Trinajstić information content (AvgIpc) is 2.26. The van der Waals surface area contributed by atoms with Gasteiger partial charge in [0.05, 0.1) is 5.75 Å². The van der Waals surface area contributed by atoms with Crippen molar-refractivity contribution in [2.75, 3.05) is 45.2 Å². The van der Waals surface area contributed by atoms with Gasteiger partial charge < -0.3 is 10.2 Å². The number of hydrogen-bond donors (Lipinski definition) is 1. The van der Waals surface area contributed by atoms with E-state index in [0.29, 0.717) is 5.75 Å². The van der Waals surface area contributed by atoms with E-state index in [1.807, 2.05) is 7.05 Å². The van der Waals surface area contributed by atoms with Gasteiger partial charge in [0.25, 0.3) is 0 Å². The van der Waals surface area contributed by atoms with Crippen molar-refractivity contribution in [2.45, 2.75) is 25.7 Å². The largest absolute Gasteiger partial charge is 0.320 e. The van der Waals surface area contributed by atoms with Gasteiger partial charge in [0.15, 0.2) is 0 Å². The highest BCUT2D eigenvalue weighted by molar-refractivity contribution is 7.90. The zero-order chi connectivity index (χ0) is 12.7. The third-order valence-corrected chi connectivity index (χ3v) is 4.53. The maximum Gasteiger partial charge on any atom is 0.147 e. The lowest BCUT2D eigenvalue weighted by atomic mass is 9.93. The molecule has 0 unspecified atom stereocenters. The van der Waals surface area contributed by atoms with Crippen LogP contribution in [-0.2, 0) is 9.84 Å². The summed E-state index contributed by atoms with van der Waals surface area (Å²) in [5, 5.41) is 3.20. The zero-order valence-corrected chi connectivity index (χ0v) is 11.9. The highest BCUT2D eigenvalue weighted by Gasteiger charge is 2.18. The summed E-state index contributed by atoms with van der Waals surface area (Å²) in [5.74, 6) is 1.18. The summed E-state index contributed by atoms with van der Waals surface area (Å²) in [6.45, 7) is 4.32. The summed E-state index contributed by atoms with van der Waals surface area (Å²) in [6, 6.07) is 0. The number of nitrogens with zero attached hydrogens (tertiary/aromatic N) is 1. The summed E-state index contributed by atoms with van der Waals surface area (Å²) in [4.78, 5) is 2.40. The molecule has 17 heavy (non-hydrogen) atoms. The van der Waals surface area contributed by atoms with Crippen molar-refractivity contribution in [3.8, 4) is 0 Å². The Morgan fingerprint density at radius 3 is 2.47 bits per heavy atom. The first-order valence-electron chi connectivity index (χ1n) is 6.56. The second-order valence-electron chi connectivity index (χ2n) is 5.16. The van der Waals surface area contributed by atoms with Crippen molar-refractivity contribution in [1.82, 2.24) is 10.2 Å². The molecular formula is C12H26N2O2S. The van der Waals surface area contributed by atoms with Crippen molar-refractivity contribution in [2.24, 2.45) is 5.92 Å². The van der Waals surface area contributed by atoms with Crippen LogP contribution in [0.25, 0.3) is 0 Å². The monoisotopic (exact) mass is 262 g/mol. The van der Waals surface area contributed by atoms with Gasteiger partial charge in [-0.25, -0.2) is 8.42 Å². The molecule has 5 heteroatoms. The molecule has 0 atom stereocenters. The minimum Gasteiger partial charge on any atom is -0.320 e. The Morgan fingerprint density at radius 1 is 1.29 bits per heavy atom. The van der Waals surface area contributed by atoms with Crippen molar-refractivity contribution in [3.63, 3.8) is 0 Å². The van der Waals surface area contributed by atoms with E-state index in [1.54, 1.807) is 0 Å². The summed E-state index contributed by atoms with van der Waals surface area (Å²) in [5.41, 5.74) is 0. The lowest BCUT2D eigenvalue weighted by Crippen LogP contribution is -2.35. The maximum absolute atomic E-state index is 11.0. The molecule has 1 heterocycles. The number of rotatable bonds is 7. The fraction of sp³-hybridized carbons (Fsp3) is 1.00. The fourth-order valence-corrected chi connectivity index (χ4v) is 3.05. The standard InChI is InChI=1S/C12H26N2O2S/c1-13-7-4-12-5-9-14(10-6-12)8-3-11-17(2,15)16/h12-13H,3-11H2,1-2H3. The summed E-state index contributed by atoms with van der Waals surface area (Å²) >= 11 is 0. The number of hydrogen-bond acceptors (Lipinski definition) is 4. The Labute approximate surface area is 106 Å². The van der Waals surface area contributed by atoms with Crippen molar-refractivity contribution >= 4 is 9.84 Å². The quantitative estimate of drug-likeness (QED) is 0.735. The van der Waals surface area contributed by atoms with Crippen LogP contribution in [0.1, 0.15) is 25.7 Å². The van der Waals surface area contributed by atoms with Crippen LogP contribution in [0.4, 0.5) is 0 Å². The Balaban J connectivity index is 2.11. The van der Waals surface area contributed by atoms with Gasteiger partial charge in [-0.1, -0.05) is 0 Å². The molecule has 1 N–H and O–H groups in total. The molecule has 4 nitrogen and oxygen atoms in total. The SMILES string of the molecule is CNCCC1CCN(CCCS(C)(=O)=O)CC1. The molecule has 1 saturated heterocycles. The lowest BCUT2D eigenvalue weighted by Gasteiger charge is -2.31. The maximum atomic E-state index is 11.0. The van der Waals surface area contributed by atoms with E-state index in [0.717, 1.165) is 38.5 Å². The van der Waals surface area contributed by atoms with Crippen LogP contribution in [0, 0.1) is 5.92 Å². The van der Waals surface area contributed by atoms with Crippen molar-refractivity contribution in [3.05, 3.63) is 0 Å². The number of nitrogens with one attached hydrogen (secondary N) is 1. The molecule has 0 aromatic carbocycles. The van der Waals surface area contributed by atoms with Crippen molar-refractivity contribution in [1.29, 1.82) is 0 Å². The molecule has 0 saturated carbocycles. The van der Waals surface area contributed by atoms with Gasteiger partial charge in [-0.15, -0.1) is 0 Å². The Kier molecular flexibility index (Phi) is 6.44. The van der Waals surface area contributed by atoms with Crippen LogP contribution < -0.4 is 5.32 Å². The summed E-state index contributed by atoms with van der Waals surface area (Å²) in [7, 11) is -0.782. The van der Waals surface area contributed by atoms with Gasteiger partial charge in [-0.2, -0.15) is 0 Å². The molecule has 1 fully saturated rings. The third-order valence-electron chi connectivity index (χ3n) is 3.50. The predicted molar refractivity (Wildman–Crippen MR) is 72.0 cm³/mol. The Bertz CT molecular complexity index is 296. The van der Waals surface area contributed by atoms with Crippen LogP contribution >= 0.6 is 0 Å². The van der Waals surface area contributed by atoms with E-state index >= 15 is 0 Å². The van der Waals surface area contributed by atoms with Gasteiger partial charge in [0.2, 0.25) is 0 Å². The molecule has 0 spiro atoms. The Morgan fingerprint density at radius 2 is 1.94 bits per heavy atom. The number of piperidine rings is 1. The summed E-state index contributed by atoms with van der Waals surface area (Å²) < 4.78 is 22.0. The van der Waals surface area contributed by atoms with Crippen LogP contribution in [0.15, 0.2) is 0 Å². The number of likely N-dealkylation sites (tertiary alicyclic amines) is 1. The highest BCUT2D eigenvalue weighted by Crippen LogP contribution is 2.19. The van der Waals surface area contributed by atoms with Crippen LogP contribution in [0.3, 0.4) is 0 Å². The van der Waals surface area contributed by atoms with E-state index in [2.05, 4.69) is 10.2 Å². The van der Waals surface area contributed by atoms with Gasteiger partial charge >= 0.3 is 0 Å². The highest BCUT2D eigenvalue weighted by atomic mass is 32.2. The summed E-state index contributed by atoms with van der Waals surface area (Å²) in [6.07, 6.45) is 5.89. The van der Waals surface area contributed by atoms with Crippen LogP contribution in [0.2, 0.25) is 0 Å². The first kappa shape index (κ1) is 14.9. The lowest BCUT2D eigenvalue weighted by molar-refractivity contribution is 0.179.